The molecule has 5 heterocycles. The van der Waals surface area contributed by atoms with E-state index in [0.29, 0.717) is 29.3 Å². The molecule has 1 saturated heterocycles. The molecule has 0 aliphatic carbocycles. The van der Waals surface area contributed by atoms with Gasteiger partial charge >= 0.3 is 6.01 Å². The molecule has 6 rings (SSSR count). The summed E-state index contributed by atoms with van der Waals surface area (Å²) in [5.41, 5.74) is 2.14. The van der Waals surface area contributed by atoms with E-state index in [4.69, 9.17) is 14.2 Å². The first-order valence-corrected chi connectivity index (χ1v) is 11.3. The van der Waals surface area contributed by atoms with E-state index in [-0.39, 0.29) is 12.6 Å². The van der Waals surface area contributed by atoms with Gasteiger partial charge in [0.15, 0.2) is 18.2 Å². The molecule has 5 aromatic rings. The van der Waals surface area contributed by atoms with Crippen molar-refractivity contribution >= 4 is 16.9 Å². The Bertz CT molecular complexity index is 1530. The highest BCUT2D eigenvalue weighted by atomic mass is 16.5. The molecule has 0 amide bonds. The van der Waals surface area contributed by atoms with Crippen molar-refractivity contribution in [1.29, 1.82) is 0 Å². The van der Waals surface area contributed by atoms with Gasteiger partial charge in [-0.15, -0.1) is 5.10 Å². The number of nitrogens with zero attached hydrogens (tertiary/aromatic N) is 10. The molecule has 1 aromatic carbocycles. The second-order valence-electron chi connectivity index (χ2n) is 8.63. The van der Waals surface area contributed by atoms with Crippen LogP contribution in [0, 0.1) is 20.8 Å². The fourth-order valence-electron chi connectivity index (χ4n) is 4.36. The topological polar surface area (TPSA) is 126 Å². The number of para-hydroxylation sites is 2. The Labute approximate surface area is 200 Å². The van der Waals surface area contributed by atoms with Gasteiger partial charge < -0.3 is 18.7 Å². The second-order valence-corrected chi connectivity index (χ2v) is 8.63. The molecule has 0 spiro atoms. The highest BCUT2D eigenvalue weighted by Crippen LogP contribution is 2.33. The van der Waals surface area contributed by atoms with E-state index in [2.05, 4.69) is 52.8 Å². The summed E-state index contributed by atoms with van der Waals surface area (Å²) >= 11 is 0. The van der Waals surface area contributed by atoms with Gasteiger partial charge in [0.2, 0.25) is 0 Å². The molecule has 12 nitrogen and oxygen atoms in total. The van der Waals surface area contributed by atoms with Crippen LogP contribution in [0.4, 0.5) is 5.82 Å². The van der Waals surface area contributed by atoms with Gasteiger partial charge in [-0.2, -0.15) is 19.6 Å². The Morgan fingerprint density at radius 3 is 2.49 bits per heavy atom. The zero-order valence-electron chi connectivity index (χ0n) is 19.9. The summed E-state index contributed by atoms with van der Waals surface area (Å²) in [5.74, 6) is 4.99. The van der Waals surface area contributed by atoms with Crippen molar-refractivity contribution in [2.45, 2.75) is 33.3 Å². The Balaban J connectivity index is 1.28. The lowest BCUT2D eigenvalue weighted by Gasteiger charge is -2.39. The molecule has 0 bridgehead atoms. The number of hydrogen-bond acceptors (Lipinski definition) is 10. The molecule has 4 aromatic heterocycles. The summed E-state index contributed by atoms with van der Waals surface area (Å²) in [7, 11) is 2.07. The zero-order valence-corrected chi connectivity index (χ0v) is 19.9. The van der Waals surface area contributed by atoms with Crippen molar-refractivity contribution in [2.75, 3.05) is 18.0 Å². The van der Waals surface area contributed by atoms with Crippen LogP contribution in [0.1, 0.15) is 35.1 Å². The average molecular weight is 473 g/mol. The molecule has 0 N–H and O–H groups in total. The monoisotopic (exact) mass is 472 g/mol. The minimum atomic E-state index is 0.0710. The molecule has 1 aliphatic rings. The number of benzene rings is 1. The van der Waals surface area contributed by atoms with Gasteiger partial charge in [-0.3, -0.25) is 0 Å². The Kier molecular flexibility index (Phi) is 4.94. The van der Waals surface area contributed by atoms with E-state index >= 15 is 0 Å². The normalized spacial score (nSPS) is 14.0. The van der Waals surface area contributed by atoms with Gasteiger partial charge in [-0.25, -0.2) is 9.97 Å². The smallest absolute Gasteiger partial charge is 0.320 e. The van der Waals surface area contributed by atoms with Gasteiger partial charge in [0, 0.05) is 26.2 Å². The number of aryl methyl sites for hydroxylation is 4. The van der Waals surface area contributed by atoms with E-state index in [1.807, 2.05) is 38.1 Å². The molecule has 0 saturated carbocycles. The van der Waals surface area contributed by atoms with Gasteiger partial charge in [-0.1, -0.05) is 17.3 Å². The Morgan fingerprint density at radius 2 is 1.77 bits per heavy atom. The lowest BCUT2D eigenvalue weighted by atomic mass is 9.99. The van der Waals surface area contributed by atoms with E-state index in [1.165, 1.54) is 0 Å². The molecular weight excluding hydrogens is 448 g/mol. The lowest BCUT2D eigenvalue weighted by Crippen LogP contribution is -2.46. The molecule has 1 fully saturated rings. The van der Waals surface area contributed by atoms with Crippen molar-refractivity contribution in [3.63, 3.8) is 0 Å². The lowest BCUT2D eigenvalue weighted by molar-refractivity contribution is 0.226. The van der Waals surface area contributed by atoms with E-state index in [9.17, 15) is 0 Å². The van der Waals surface area contributed by atoms with Gasteiger partial charge in [-0.05, 0) is 32.9 Å². The van der Waals surface area contributed by atoms with Crippen LogP contribution in [0.25, 0.3) is 16.9 Å². The standard InChI is InChI=1S/C23H24N10O2/c1-13-24-15(3)33(29-13)20-9-19(27-23(28-20)34-12-21-25-14(2)30-35-21)32-10-16(11-32)22-26-17-7-5-6-8-18(17)31(22)4/h5-9,16H,10-12H2,1-4H3. The second kappa shape index (κ2) is 8.15. The predicted octanol–water partition coefficient (Wildman–Crippen LogP) is 2.44. The Hall–Kier alpha value is -4.35. The zero-order chi connectivity index (χ0) is 24.1. The maximum atomic E-state index is 5.82. The SMILES string of the molecule is Cc1noc(COc2nc(N3CC(c4nc5ccccc5n4C)C3)cc(-n3nc(C)nc3C)n2)n1. The predicted molar refractivity (Wildman–Crippen MR) is 125 cm³/mol. The molecule has 178 valence electrons. The van der Waals surface area contributed by atoms with Gasteiger partial charge in [0.25, 0.3) is 5.89 Å². The molecule has 0 radical (unpaired) electrons. The number of imidazole rings is 1. The summed E-state index contributed by atoms with van der Waals surface area (Å²) in [6.07, 6.45) is 0. The fourth-order valence-corrected chi connectivity index (χ4v) is 4.36. The highest BCUT2D eigenvalue weighted by molar-refractivity contribution is 5.76. The van der Waals surface area contributed by atoms with Crippen molar-refractivity contribution in [3.05, 3.63) is 59.5 Å². The van der Waals surface area contributed by atoms with Crippen LogP contribution in [-0.4, -0.2) is 57.5 Å². The van der Waals surface area contributed by atoms with Crippen LogP contribution >= 0.6 is 0 Å². The molecule has 0 atom stereocenters. The van der Waals surface area contributed by atoms with Crippen LogP contribution in [0.15, 0.2) is 34.9 Å². The number of fused-ring (bicyclic) bond motifs is 1. The summed E-state index contributed by atoms with van der Waals surface area (Å²) in [4.78, 5) is 24.8. The highest BCUT2D eigenvalue weighted by Gasteiger charge is 2.33. The molecular formula is C23H24N10O2. The van der Waals surface area contributed by atoms with Crippen molar-refractivity contribution in [3.8, 4) is 11.8 Å². The van der Waals surface area contributed by atoms with Crippen molar-refractivity contribution in [2.24, 2.45) is 7.05 Å². The van der Waals surface area contributed by atoms with Crippen LogP contribution < -0.4 is 9.64 Å². The third-order valence-electron chi connectivity index (χ3n) is 6.06. The van der Waals surface area contributed by atoms with E-state index in [0.717, 1.165) is 41.6 Å². The molecule has 12 heteroatoms. The average Bonchev–Trinajstić information content (AvgIpc) is 3.48. The number of rotatable bonds is 6. The summed E-state index contributed by atoms with van der Waals surface area (Å²) in [6.45, 7) is 7.12. The third kappa shape index (κ3) is 3.86. The fraction of sp³-hybridized carbons (Fsp3) is 0.348. The minimum Gasteiger partial charge on any atom is -0.453 e. The third-order valence-corrected chi connectivity index (χ3v) is 6.06. The van der Waals surface area contributed by atoms with Crippen LogP contribution in [0.3, 0.4) is 0 Å². The first kappa shape index (κ1) is 21.2. The van der Waals surface area contributed by atoms with Crippen molar-refractivity contribution in [1.82, 2.24) is 44.4 Å². The van der Waals surface area contributed by atoms with E-state index in [1.54, 1.807) is 11.6 Å². The van der Waals surface area contributed by atoms with Crippen LogP contribution in [-0.2, 0) is 13.7 Å². The molecule has 35 heavy (non-hydrogen) atoms. The number of anilines is 1. The number of ether oxygens (including phenoxy) is 1. The maximum absolute atomic E-state index is 5.82. The summed E-state index contributed by atoms with van der Waals surface area (Å²) in [5, 5.41) is 8.26. The van der Waals surface area contributed by atoms with E-state index < -0.39 is 0 Å². The molecule has 0 unspecified atom stereocenters. The number of hydrogen-bond donors (Lipinski definition) is 0. The first-order chi connectivity index (χ1) is 16.9. The minimum absolute atomic E-state index is 0.0710. The first-order valence-electron chi connectivity index (χ1n) is 11.3. The van der Waals surface area contributed by atoms with Gasteiger partial charge in [0.05, 0.1) is 17.0 Å². The summed E-state index contributed by atoms with van der Waals surface area (Å²) in [6, 6.07) is 10.3. The van der Waals surface area contributed by atoms with Crippen molar-refractivity contribution < 1.29 is 9.26 Å². The maximum Gasteiger partial charge on any atom is 0.320 e. The number of aromatic nitrogens is 9. The largest absolute Gasteiger partial charge is 0.453 e. The van der Waals surface area contributed by atoms with Crippen LogP contribution in [0.2, 0.25) is 0 Å². The quantitative estimate of drug-likeness (QED) is 0.364. The summed E-state index contributed by atoms with van der Waals surface area (Å²) < 4.78 is 14.8. The van der Waals surface area contributed by atoms with Gasteiger partial charge in [0.1, 0.15) is 23.3 Å². The van der Waals surface area contributed by atoms with Crippen LogP contribution in [0.5, 0.6) is 6.01 Å². The molecule has 1 aliphatic heterocycles. The Morgan fingerprint density at radius 1 is 0.971 bits per heavy atom.